The Kier molecular flexibility index (Phi) is 4.22. The molecule has 0 aliphatic carbocycles. The molecule has 0 amide bonds. The lowest BCUT2D eigenvalue weighted by atomic mass is 10.1. The summed E-state index contributed by atoms with van der Waals surface area (Å²) >= 11 is 3.95. The molecule has 0 aliphatic heterocycles. The van der Waals surface area contributed by atoms with Crippen molar-refractivity contribution in [2.45, 2.75) is 24.3 Å². The van der Waals surface area contributed by atoms with Crippen molar-refractivity contribution in [3.05, 3.63) is 0 Å². The van der Waals surface area contributed by atoms with Crippen molar-refractivity contribution in [3.8, 4) is 0 Å². The van der Waals surface area contributed by atoms with Crippen LogP contribution in [0.25, 0.3) is 0 Å². The first-order chi connectivity index (χ1) is 4.09. The molecule has 9 heavy (non-hydrogen) atoms. The number of rotatable bonds is 3. The molecule has 56 valence electrons. The van der Waals surface area contributed by atoms with Gasteiger partial charge in [0, 0.05) is 5.25 Å². The summed E-state index contributed by atoms with van der Waals surface area (Å²) in [7, 11) is 0. The number of hydrogen-bond donors (Lipinski definition) is 4. The van der Waals surface area contributed by atoms with Crippen LogP contribution in [-0.2, 0) is 0 Å². The van der Waals surface area contributed by atoms with Gasteiger partial charge in [-0.05, 0) is 0 Å². The van der Waals surface area contributed by atoms with Gasteiger partial charge in [0.05, 0.1) is 18.8 Å². The summed E-state index contributed by atoms with van der Waals surface area (Å²) in [4.78, 5) is 0. The zero-order valence-electron chi connectivity index (χ0n) is 5.36. The van der Waals surface area contributed by atoms with E-state index in [2.05, 4.69) is 12.6 Å². The first kappa shape index (κ1) is 9.23. The predicted molar refractivity (Wildman–Crippen MR) is 39.5 cm³/mol. The molecule has 0 radical (unpaired) electrons. The third-order valence-corrected chi connectivity index (χ3v) is 1.45. The molecule has 3 nitrogen and oxygen atoms in total. The van der Waals surface area contributed by atoms with Gasteiger partial charge in [-0.15, -0.1) is 0 Å². The third kappa shape index (κ3) is 3.05. The van der Waals surface area contributed by atoms with Crippen molar-refractivity contribution < 1.29 is 10.2 Å². The van der Waals surface area contributed by atoms with Gasteiger partial charge in [0.25, 0.3) is 0 Å². The standard InChI is InChI=1S/C5H13NO2S/c1-3(9)5(8)4(6)2-7/h3-5,7-9H,2,6H2,1H3. The summed E-state index contributed by atoms with van der Waals surface area (Å²) in [6, 6.07) is -0.572. The quantitative estimate of drug-likeness (QED) is 0.391. The zero-order valence-corrected chi connectivity index (χ0v) is 6.25. The fraction of sp³-hybridized carbons (Fsp3) is 1.00. The van der Waals surface area contributed by atoms with Gasteiger partial charge in [0.15, 0.2) is 0 Å². The van der Waals surface area contributed by atoms with E-state index in [0.29, 0.717) is 0 Å². The highest BCUT2D eigenvalue weighted by atomic mass is 32.1. The van der Waals surface area contributed by atoms with Crippen molar-refractivity contribution in [1.29, 1.82) is 0 Å². The summed E-state index contributed by atoms with van der Waals surface area (Å²) < 4.78 is 0. The highest BCUT2D eigenvalue weighted by Gasteiger charge is 2.17. The second-order valence-electron chi connectivity index (χ2n) is 2.08. The molecular formula is C5H13NO2S. The van der Waals surface area contributed by atoms with Gasteiger partial charge >= 0.3 is 0 Å². The second kappa shape index (κ2) is 4.11. The molecule has 0 heterocycles. The molecule has 4 heteroatoms. The minimum Gasteiger partial charge on any atom is -0.395 e. The minimum absolute atomic E-state index is 0.188. The first-order valence-corrected chi connectivity index (χ1v) is 3.33. The Morgan fingerprint density at radius 3 is 2.22 bits per heavy atom. The Balaban J connectivity index is 3.58. The highest BCUT2D eigenvalue weighted by Crippen LogP contribution is 2.02. The lowest BCUT2D eigenvalue weighted by molar-refractivity contribution is 0.110. The van der Waals surface area contributed by atoms with Gasteiger partial charge < -0.3 is 15.9 Å². The Labute approximate surface area is 60.3 Å². The van der Waals surface area contributed by atoms with E-state index in [1.807, 2.05) is 0 Å². The van der Waals surface area contributed by atoms with E-state index in [1.165, 1.54) is 0 Å². The monoisotopic (exact) mass is 151 g/mol. The molecule has 0 rings (SSSR count). The first-order valence-electron chi connectivity index (χ1n) is 2.82. The molecule has 0 aromatic carbocycles. The number of thiol groups is 1. The van der Waals surface area contributed by atoms with Gasteiger partial charge in [-0.1, -0.05) is 6.92 Å². The van der Waals surface area contributed by atoms with Crippen LogP contribution in [0, 0.1) is 0 Å². The van der Waals surface area contributed by atoms with Gasteiger partial charge in [-0.25, -0.2) is 0 Å². The number of aliphatic hydroxyl groups excluding tert-OH is 2. The van der Waals surface area contributed by atoms with Crippen LogP contribution >= 0.6 is 12.6 Å². The molecule has 3 unspecified atom stereocenters. The Bertz CT molecular complexity index is 79.4. The maximum atomic E-state index is 9.03. The van der Waals surface area contributed by atoms with Crippen LogP contribution < -0.4 is 5.73 Å². The average Bonchev–Trinajstić information content (AvgIpc) is 1.84. The largest absolute Gasteiger partial charge is 0.395 e. The Morgan fingerprint density at radius 2 is 2.11 bits per heavy atom. The van der Waals surface area contributed by atoms with Crippen LogP contribution in [0.3, 0.4) is 0 Å². The molecule has 0 aliphatic rings. The minimum atomic E-state index is -0.724. The van der Waals surface area contributed by atoms with Crippen LogP contribution in [0.2, 0.25) is 0 Å². The van der Waals surface area contributed by atoms with Gasteiger partial charge in [0.2, 0.25) is 0 Å². The summed E-state index contributed by atoms with van der Waals surface area (Å²) in [5.74, 6) is 0. The molecule has 0 saturated carbocycles. The van der Waals surface area contributed by atoms with Crippen molar-refractivity contribution >= 4 is 12.6 Å². The van der Waals surface area contributed by atoms with E-state index in [1.54, 1.807) is 6.92 Å². The van der Waals surface area contributed by atoms with E-state index >= 15 is 0 Å². The normalized spacial score (nSPS) is 21.0. The molecule has 0 spiro atoms. The molecule has 0 aromatic rings. The maximum absolute atomic E-state index is 9.03. The Morgan fingerprint density at radius 1 is 1.67 bits per heavy atom. The third-order valence-electron chi connectivity index (χ3n) is 1.14. The van der Waals surface area contributed by atoms with Crippen molar-refractivity contribution in [2.75, 3.05) is 6.61 Å². The SMILES string of the molecule is CC(S)C(O)C(N)CO. The van der Waals surface area contributed by atoms with Crippen LogP contribution in [0.5, 0.6) is 0 Å². The van der Waals surface area contributed by atoms with Crippen LogP contribution in [0.4, 0.5) is 0 Å². The number of hydrogen-bond acceptors (Lipinski definition) is 4. The summed E-state index contributed by atoms with van der Waals surface area (Å²) in [6.45, 7) is 1.52. The molecule has 4 N–H and O–H groups in total. The van der Waals surface area contributed by atoms with Crippen LogP contribution in [0.1, 0.15) is 6.92 Å². The summed E-state index contributed by atoms with van der Waals surface area (Å²) in [6.07, 6.45) is -0.724. The predicted octanol–water partition coefficient (Wildman–Crippen LogP) is -1.01. The van der Waals surface area contributed by atoms with Gasteiger partial charge in [-0.2, -0.15) is 12.6 Å². The van der Waals surface area contributed by atoms with Gasteiger partial charge in [-0.3, -0.25) is 0 Å². The number of aliphatic hydroxyl groups is 2. The molecule has 0 aromatic heterocycles. The molecule has 3 atom stereocenters. The zero-order chi connectivity index (χ0) is 7.44. The number of nitrogens with two attached hydrogens (primary N) is 1. The van der Waals surface area contributed by atoms with Crippen LogP contribution in [0.15, 0.2) is 0 Å². The van der Waals surface area contributed by atoms with Crippen molar-refractivity contribution in [3.63, 3.8) is 0 Å². The molecule has 0 bridgehead atoms. The summed E-state index contributed by atoms with van der Waals surface area (Å²) in [5, 5.41) is 17.3. The molecular weight excluding hydrogens is 138 g/mol. The van der Waals surface area contributed by atoms with E-state index in [4.69, 9.17) is 15.9 Å². The van der Waals surface area contributed by atoms with Gasteiger partial charge in [0.1, 0.15) is 0 Å². The van der Waals surface area contributed by atoms with E-state index < -0.39 is 12.1 Å². The van der Waals surface area contributed by atoms with E-state index in [9.17, 15) is 0 Å². The lowest BCUT2D eigenvalue weighted by Gasteiger charge is -2.18. The summed E-state index contributed by atoms with van der Waals surface area (Å²) in [5.41, 5.74) is 5.27. The molecule has 0 saturated heterocycles. The molecule has 0 fully saturated rings. The topological polar surface area (TPSA) is 66.5 Å². The van der Waals surface area contributed by atoms with E-state index in [-0.39, 0.29) is 11.9 Å². The fourth-order valence-electron chi connectivity index (χ4n) is 0.466. The fourth-order valence-corrected chi connectivity index (χ4v) is 0.687. The highest BCUT2D eigenvalue weighted by molar-refractivity contribution is 7.81. The van der Waals surface area contributed by atoms with Crippen molar-refractivity contribution in [2.24, 2.45) is 5.73 Å². The lowest BCUT2D eigenvalue weighted by Crippen LogP contribution is -2.42. The van der Waals surface area contributed by atoms with Crippen molar-refractivity contribution in [1.82, 2.24) is 0 Å². The second-order valence-corrected chi connectivity index (χ2v) is 2.89. The van der Waals surface area contributed by atoms with Crippen LogP contribution in [-0.4, -0.2) is 34.2 Å². The maximum Gasteiger partial charge on any atom is 0.0826 e. The van der Waals surface area contributed by atoms with E-state index in [0.717, 1.165) is 0 Å². The Hall–Kier alpha value is 0.230. The average molecular weight is 151 g/mol. The smallest absolute Gasteiger partial charge is 0.0826 e.